The predicted octanol–water partition coefficient (Wildman–Crippen LogP) is 3.99. The number of guanidine groups is 1. The smallest absolute Gasteiger partial charge is 0.357 e. The largest absolute Gasteiger partial charge is 0.434 e. The fraction of sp³-hybridized carbons (Fsp3) is 0.375. The average Bonchev–Trinajstić information content (AvgIpc) is 3.09. The second kappa shape index (κ2) is 11.1. The molecule has 1 aromatic heterocycles. The fourth-order valence-corrected chi connectivity index (χ4v) is 2.88. The lowest BCUT2D eigenvalue weighted by molar-refractivity contribution is -0.384. The standard InChI is InChI=1S/C16H18F3N5O2S.HI/c1-2-20-15(22-9-11-3-5-12(6-4-11)24(25)26)21-8-7-14-23-13(10-27-14)16(17,18)19;/h3-6,10H,2,7-9H2,1H3,(H2,20,21,22);1H. The summed E-state index contributed by atoms with van der Waals surface area (Å²) >= 11 is 0.969. The van der Waals surface area contributed by atoms with Gasteiger partial charge in [0.25, 0.3) is 5.69 Å². The van der Waals surface area contributed by atoms with E-state index in [2.05, 4.69) is 20.6 Å². The zero-order chi connectivity index (χ0) is 19.9. The number of nitrogens with zero attached hydrogens (tertiary/aromatic N) is 3. The molecule has 2 aromatic rings. The van der Waals surface area contributed by atoms with Crippen molar-refractivity contribution < 1.29 is 18.1 Å². The highest BCUT2D eigenvalue weighted by atomic mass is 127. The molecule has 1 heterocycles. The number of non-ortho nitro benzene ring substituents is 1. The molecule has 0 aliphatic carbocycles. The maximum Gasteiger partial charge on any atom is 0.434 e. The molecule has 2 rings (SSSR count). The first-order valence-electron chi connectivity index (χ1n) is 8.06. The molecule has 154 valence electrons. The maximum atomic E-state index is 12.5. The van der Waals surface area contributed by atoms with E-state index in [4.69, 9.17) is 0 Å². The maximum absolute atomic E-state index is 12.5. The van der Waals surface area contributed by atoms with Crippen LogP contribution in [0.2, 0.25) is 0 Å². The van der Waals surface area contributed by atoms with Gasteiger partial charge >= 0.3 is 6.18 Å². The normalized spacial score (nSPS) is 11.6. The summed E-state index contributed by atoms with van der Waals surface area (Å²) in [5.41, 5.74) is -0.0665. The Morgan fingerprint density at radius 1 is 1.29 bits per heavy atom. The number of rotatable bonds is 7. The quantitative estimate of drug-likeness (QED) is 0.186. The Balaban J connectivity index is 0.00000392. The minimum atomic E-state index is -4.43. The summed E-state index contributed by atoms with van der Waals surface area (Å²) in [6.07, 6.45) is -4.09. The van der Waals surface area contributed by atoms with Crippen molar-refractivity contribution in [3.63, 3.8) is 0 Å². The number of alkyl halides is 3. The van der Waals surface area contributed by atoms with Gasteiger partial charge in [-0.1, -0.05) is 12.1 Å². The third-order valence-corrected chi connectivity index (χ3v) is 4.29. The number of nitro groups is 1. The number of nitrogens with one attached hydrogen (secondary N) is 2. The summed E-state index contributed by atoms with van der Waals surface area (Å²) < 4.78 is 37.6. The summed E-state index contributed by atoms with van der Waals surface area (Å²) in [6.45, 7) is 3.18. The van der Waals surface area contributed by atoms with Crippen molar-refractivity contribution in [2.75, 3.05) is 13.1 Å². The van der Waals surface area contributed by atoms with Crippen molar-refractivity contribution in [2.45, 2.75) is 26.1 Å². The third kappa shape index (κ3) is 7.58. The first kappa shape index (κ1) is 24.1. The van der Waals surface area contributed by atoms with Gasteiger partial charge in [0.2, 0.25) is 0 Å². The van der Waals surface area contributed by atoms with Crippen molar-refractivity contribution in [3.8, 4) is 0 Å². The van der Waals surface area contributed by atoms with Crippen LogP contribution in [0.5, 0.6) is 0 Å². The first-order chi connectivity index (χ1) is 12.8. The Labute approximate surface area is 180 Å². The first-order valence-corrected chi connectivity index (χ1v) is 8.94. The van der Waals surface area contributed by atoms with E-state index in [1.54, 1.807) is 12.1 Å². The van der Waals surface area contributed by atoms with Gasteiger partial charge in [-0.15, -0.1) is 35.3 Å². The highest BCUT2D eigenvalue weighted by Crippen LogP contribution is 2.29. The SMILES string of the molecule is CCNC(=NCc1ccc([N+](=O)[O-])cc1)NCCc1nc(C(F)(F)F)cs1.I. The van der Waals surface area contributed by atoms with Gasteiger partial charge in [-0.05, 0) is 12.5 Å². The monoisotopic (exact) mass is 529 g/mol. The van der Waals surface area contributed by atoms with Crippen molar-refractivity contribution in [3.05, 3.63) is 56.0 Å². The number of halogens is 4. The van der Waals surface area contributed by atoms with E-state index in [9.17, 15) is 23.3 Å². The van der Waals surface area contributed by atoms with E-state index in [-0.39, 0.29) is 29.7 Å². The van der Waals surface area contributed by atoms with Crippen LogP contribution in [-0.2, 0) is 19.1 Å². The molecule has 0 bridgehead atoms. The lowest BCUT2D eigenvalue weighted by Crippen LogP contribution is -2.38. The zero-order valence-corrected chi connectivity index (χ0v) is 18.0. The summed E-state index contributed by atoms with van der Waals surface area (Å²) in [6, 6.07) is 6.07. The molecule has 0 aliphatic rings. The Morgan fingerprint density at radius 2 is 1.96 bits per heavy atom. The van der Waals surface area contributed by atoms with Crippen molar-refractivity contribution >= 4 is 47.0 Å². The molecule has 12 heteroatoms. The molecule has 0 saturated heterocycles. The lowest BCUT2D eigenvalue weighted by Gasteiger charge is -2.10. The molecule has 7 nitrogen and oxygen atoms in total. The van der Waals surface area contributed by atoms with Gasteiger partial charge in [0.15, 0.2) is 11.7 Å². The van der Waals surface area contributed by atoms with Crippen molar-refractivity contribution in [2.24, 2.45) is 4.99 Å². The lowest BCUT2D eigenvalue weighted by atomic mass is 10.2. The zero-order valence-electron chi connectivity index (χ0n) is 14.8. The topological polar surface area (TPSA) is 92.5 Å². The van der Waals surface area contributed by atoms with Gasteiger partial charge in [-0.25, -0.2) is 9.98 Å². The number of benzene rings is 1. The highest BCUT2D eigenvalue weighted by molar-refractivity contribution is 14.0. The van der Waals surface area contributed by atoms with E-state index in [0.717, 1.165) is 22.3 Å². The number of aromatic nitrogens is 1. The molecule has 0 aliphatic heterocycles. The molecule has 0 unspecified atom stereocenters. The Kier molecular flexibility index (Phi) is 9.58. The number of thiazole rings is 1. The second-order valence-electron chi connectivity index (χ2n) is 5.42. The summed E-state index contributed by atoms with van der Waals surface area (Å²) in [4.78, 5) is 18.1. The van der Waals surface area contributed by atoms with Gasteiger partial charge in [0, 0.05) is 37.0 Å². The van der Waals surface area contributed by atoms with Crippen LogP contribution in [-0.4, -0.2) is 29.0 Å². The van der Waals surface area contributed by atoms with Gasteiger partial charge in [0.1, 0.15) is 0 Å². The van der Waals surface area contributed by atoms with Crippen LogP contribution < -0.4 is 10.6 Å². The van der Waals surface area contributed by atoms with Crippen LogP contribution in [0.3, 0.4) is 0 Å². The van der Waals surface area contributed by atoms with Crippen LogP contribution in [0.15, 0.2) is 34.6 Å². The van der Waals surface area contributed by atoms with E-state index in [0.29, 0.717) is 37.0 Å². The average molecular weight is 529 g/mol. The number of hydrogen-bond donors (Lipinski definition) is 2. The van der Waals surface area contributed by atoms with Gasteiger partial charge < -0.3 is 10.6 Å². The molecule has 28 heavy (non-hydrogen) atoms. The van der Waals surface area contributed by atoms with Gasteiger partial charge in [-0.2, -0.15) is 13.2 Å². The minimum Gasteiger partial charge on any atom is -0.357 e. The van der Waals surface area contributed by atoms with Gasteiger partial charge in [-0.3, -0.25) is 10.1 Å². The van der Waals surface area contributed by atoms with Crippen LogP contribution in [0.4, 0.5) is 18.9 Å². The number of aliphatic imine (C=N–C) groups is 1. The van der Waals surface area contributed by atoms with E-state index in [1.165, 1.54) is 12.1 Å². The van der Waals surface area contributed by atoms with Crippen molar-refractivity contribution in [1.82, 2.24) is 15.6 Å². The number of nitro benzene ring substituents is 1. The third-order valence-electron chi connectivity index (χ3n) is 3.38. The van der Waals surface area contributed by atoms with Crippen molar-refractivity contribution in [1.29, 1.82) is 0 Å². The Hall–Kier alpha value is -1.96. The van der Waals surface area contributed by atoms with Crippen LogP contribution >= 0.6 is 35.3 Å². The molecule has 0 amide bonds. The molecular weight excluding hydrogens is 510 g/mol. The van der Waals surface area contributed by atoms with E-state index in [1.807, 2.05) is 6.92 Å². The van der Waals surface area contributed by atoms with E-state index >= 15 is 0 Å². The fourth-order valence-electron chi connectivity index (χ4n) is 2.08. The molecule has 0 saturated carbocycles. The summed E-state index contributed by atoms with van der Waals surface area (Å²) in [5, 5.41) is 18.1. The number of hydrogen-bond acceptors (Lipinski definition) is 5. The van der Waals surface area contributed by atoms with Crippen LogP contribution in [0.1, 0.15) is 23.2 Å². The van der Waals surface area contributed by atoms with E-state index < -0.39 is 16.8 Å². The second-order valence-corrected chi connectivity index (χ2v) is 6.36. The predicted molar refractivity (Wildman–Crippen MR) is 112 cm³/mol. The molecule has 0 radical (unpaired) electrons. The Morgan fingerprint density at radius 3 is 2.50 bits per heavy atom. The molecular formula is C16H19F3IN5O2S. The molecule has 2 N–H and O–H groups in total. The summed E-state index contributed by atoms with van der Waals surface area (Å²) in [7, 11) is 0. The van der Waals surface area contributed by atoms with Crippen LogP contribution in [0.25, 0.3) is 0 Å². The molecule has 0 fully saturated rings. The minimum absolute atomic E-state index is 0. The Bertz CT molecular complexity index is 796. The molecule has 0 spiro atoms. The highest BCUT2D eigenvalue weighted by Gasteiger charge is 2.33. The molecule has 1 aromatic carbocycles. The van der Waals surface area contributed by atoms with Gasteiger partial charge in [0.05, 0.1) is 16.5 Å². The molecule has 0 atom stereocenters. The van der Waals surface area contributed by atoms with Crippen LogP contribution in [0, 0.1) is 10.1 Å². The summed E-state index contributed by atoms with van der Waals surface area (Å²) in [5.74, 6) is 0.503.